The van der Waals surface area contributed by atoms with Gasteiger partial charge >= 0.3 is 5.97 Å². The molecule has 2 aromatic carbocycles. The molecule has 202 valence electrons. The predicted molar refractivity (Wildman–Crippen MR) is 143 cm³/mol. The van der Waals surface area contributed by atoms with E-state index in [4.69, 9.17) is 23.7 Å². The third-order valence-corrected chi connectivity index (χ3v) is 6.85. The lowest BCUT2D eigenvalue weighted by Gasteiger charge is -2.33. The van der Waals surface area contributed by atoms with Crippen molar-refractivity contribution in [1.29, 1.82) is 0 Å². The number of aliphatic hydroxyl groups excluding tert-OH is 1. The van der Waals surface area contributed by atoms with E-state index in [0.29, 0.717) is 44.3 Å². The highest BCUT2D eigenvalue weighted by Gasteiger charge is 2.31. The Balaban J connectivity index is 1.48. The van der Waals surface area contributed by atoms with E-state index in [0.717, 1.165) is 42.5 Å². The van der Waals surface area contributed by atoms with Crippen LogP contribution in [0, 0.1) is 0 Å². The summed E-state index contributed by atoms with van der Waals surface area (Å²) in [6, 6.07) is 13.1. The fraction of sp³-hybridized carbons (Fsp3) is 0.519. The van der Waals surface area contributed by atoms with Gasteiger partial charge in [-0.15, -0.1) is 9.24 Å². The quantitative estimate of drug-likeness (QED) is 0.228. The van der Waals surface area contributed by atoms with Crippen molar-refractivity contribution in [3.8, 4) is 17.2 Å². The van der Waals surface area contributed by atoms with Gasteiger partial charge in [0.1, 0.15) is 31.8 Å². The number of nitrogens with zero attached hydrogens (tertiary/aromatic N) is 1. The number of likely N-dealkylation sites (tertiary alicyclic amines) is 1. The number of aliphatic hydroxyl groups is 1. The maximum atomic E-state index is 12.0. The highest BCUT2D eigenvalue weighted by atomic mass is 31.0. The Kier molecular flexibility index (Phi) is 10.4. The molecule has 1 saturated heterocycles. The molecule has 1 fully saturated rings. The van der Waals surface area contributed by atoms with E-state index >= 15 is 0 Å². The number of hydrogen-bond acceptors (Lipinski definition) is 9. The Morgan fingerprint density at radius 3 is 2.57 bits per heavy atom. The van der Waals surface area contributed by atoms with Crippen molar-refractivity contribution in [2.75, 3.05) is 53.2 Å². The fourth-order valence-corrected chi connectivity index (χ4v) is 4.75. The van der Waals surface area contributed by atoms with E-state index in [1.165, 1.54) is 7.11 Å². The molecule has 0 saturated carbocycles. The second-order valence-electron chi connectivity index (χ2n) is 9.21. The summed E-state index contributed by atoms with van der Waals surface area (Å²) in [5, 5.41) is 15.3. The van der Waals surface area contributed by atoms with Crippen LogP contribution in [0.2, 0.25) is 0 Å². The average molecular weight is 533 g/mol. The van der Waals surface area contributed by atoms with Crippen LogP contribution < -0.4 is 24.8 Å². The SMILES string of the molecule is COC(=O)CO[C@H](c1ccc2c(c1)OCCO2)[C@@H](CN1CCCC1)NC(O)CCOc1ccc(P)cc1. The van der Waals surface area contributed by atoms with Crippen molar-refractivity contribution in [2.24, 2.45) is 0 Å². The van der Waals surface area contributed by atoms with Crippen LogP contribution in [0.5, 0.6) is 17.2 Å². The molecule has 2 N–H and O–H groups in total. The largest absolute Gasteiger partial charge is 0.493 e. The lowest BCUT2D eigenvalue weighted by molar-refractivity contribution is -0.149. The maximum Gasteiger partial charge on any atom is 0.331 e. The van der Waals surface area contributed by atoms with Gasteiger partial charge in [-0.25, -0.2) is 4.79 Å². The summed E-state index contributed by atoms with van der Waals surface area (Å²) in [6.45, 7) is 3.72. The molecule has 4 atom stereocenters. The molecule has 4 rings (SSSR count). The Morgan fingerprint density at radius 2 is 1.84 bits per heavy atom. The molecule has 0 spiro atoms. The van der Waals surface area contributed by atoms with Crippen molar-refractivity contribution < 1.29 is 33.6 Å². The first kappa shape index (κ1) is 27.6. The van der Waals surface area contributed by atoms with Crippen molar-refractivity contribution >= 4 is 20.5 Å². The molecule has 2 aromatic rings. The minimum atomic E-state index is -0.838. The monoisotopic (exact) mass is 532 g/mol. The summed E-state index contributed by atoms with van der Waals surface area (Å²) >= 11 is 0. The van der Waals surface area contributed by atoms with Gasteiger partial charge in [0.15, 0.2) is 11.5 Å². The third kappa shape index (κ3) is 8.28. The minimum Gasteiger partial charge on any atom is -0.493 e. The van der Waals surface area contributed by atoms with Crippen LogP contribution in [0.4, 0.5) is 0 Å². The highest BCUT2D eigenvalue weighted by molar-refractivity contribution is 7.27. The number of fused-ring (bicyclic) bond motifs is 1. The van der Waals surface area contributed by atoms with E-state index in [2.05, 4.69) is 19.5 Å². The lowest BCUT2D eigenvalue weighted by Crippen LogP contribution is -2.49. The Bertz CT molecular complexity index is 1000. The van der Waals surface area contributed by atoms with E-state index in [-0.39, 0.29) is 12.6 Å². The molecule has 37 heavy (non-hydrogen) atoms. The summed E-state index contributed by atoms with van der Waals surface area (Å²) < 4.78 is 28.2. The van der Waals surface area contributed by atoms with E-state index < -0.39 is 18.3 Å². The zero-order valence-corrected chi connectivity index (χ0v) is 22.4. The summed E-state index contributed by atoms with van der Waals surface area (Å²) in [5.41, 5.74) is 0.825. The van der Waals surface area contributed by atoms with Gasteiger partial charge < -0.3 is 33.7 Å². The first-order valence-electron chi connectivity index (χ1n) is 12.7. The van der Waals surface area contributed by atoms with Crippen molar-refractivity contribution in [2.45, 2.75) is 37.6 Å². The Hall–Kier alpha value is -2.42. The van der Waals surface area contributed by atoms with Crippen LogP contribution >= 0.6 is 9.24 Å². The average Bonchev–Trinajstić information content (AvgIpc) is 3.42. The fourth-order valence-electron chi connectivity index (χ4n) is 4.56. The Morgan fingerprint density at radius 1 is 1.11 bits per heavy atom. The van der Waals surface area contributed by atoms with Crippen molar-refractivity contribution in [3.05, 3.63) is 48.0 Å². The van der Waals surface area contributed by atoms with Gasteiger partial charge in [0.2, 0.25) is 0 Å². The molecule has 10 heteroatoms. The number of esters is 1. The molecule has 2 heterocycles. The van der Waals surface area contributed by atoms with Gasteiger partial charge in [-0.2, -0.15) is 0 Å². The molecule has 9 nitrogen and oxygen atoms in total. The summed E-state index contributed by atoms with van der Waals surface area (Å²) in [6.07, 6.45) is 1.27. The maximum absolute atomic E-state index is 12.0. The predicted octanol–water partition coefficient (Wildman–Crippen LogP) is 2.03. The number of methoxy groups -OCH3 is 1. The lowest BCUT2D eigenvalue weighted by atomic mass is 10.00. The zero-order chi connectivity index (χ0) is 26.0. The van der Waals surface area contributed by atoms with Gasteiger partial charge in [0.25, 0.3) is 0 Å². The first-order valence-corrected chi connectivity index (χ1v) is 13.3. The van der Waals surface area contributed by atoms with Gasteiger partial charge in [-0.05, 0) is 61.1 Å². The molecular weight excluding hydrogens is 495 g/mol. The Labute approximate surface area is 220 Å². The van der Waals surface area contributed by atoms with Gasteiger partial charge in [-0.1, -0.05) is 18.2 Å². The number of benzene rings is 2. The number of ether oxygens (including phenoxy) is 5. The number of nitrogens with one attached hydrogen (secondary N) is 1. The smallest absolute Gasteiger partial charge is 0.331 e. The molecule has 0 bridgehead atoms. The zero-order valence-electron chi connectivity index (χ0n) is 21.3. The van der Waals surface area contributed by atoms with E-state index in [1.807, 2.05) is 42.5 Å². The molecule has 0 radical (unpaired) electrons. The molecule has 2 unspecified atom stereocenters. The van der Waals surface area contributed by atoms with Crippen LogP contribution in [0.25, 0.3) is 0 Å². The molecule has 0 aliphatic carbocycles. The molecular formula is C27H37N2O7P. The van der Waals surface area contributed by atoms with Crippen LogP contribution in [-0.2, 0) is 14.3 Å². The molecule has 0 aromatic heterocycles. The third-order valence-electron chi connectivity index (χ3n) is 6.47. The molecule has 2 aliphatic heterocycles. The van der Waals surface area contributed by atoms with Crippen molar-refractivity contribution in [1.82, 2.24) is 10.2 Å². The van der Waals surface area contributed by atoms with Gasteiger partial charge in [-0.3, -0.25) is 5.32 Å². The normalized spacial score (nSPS) is 17.7. The number of carbonyl (C=O) groups excluding carboxylic acids is 1. The standard InChI is InChI=1S/C27H37N2O7P/c1-32-26(31)18-36-27(19-4-9-23-24(16-19)35-15-14-34-23)22(17-29-11-2-3-12-29)28-25(30)10-13-33-20-5-7-21(37)8-6-20/h4-9,16,22,25,27-28,30H,2-3,10-15,17-18,37H2,1H3/t22-,25?,27-/m1/s1. The van der Waals surface area contributed by atoms with Crippen LogP contribution in [0.15, 0.2) is 42.5 Å². The number of hydrogen-bond donors (Lipinski definition) is 2. The summed E-state index contributed by atoms with van der Waals surface area (Å²) in [7, 11) is 3.98. The van der Waals surface area contributed by atoms with E-state index in [9.17, 15) is 9.90 Å². The number of carbonyl (C=O) groups is 1. The van der Waals surface area contributed by atoms with Crippen molar-refractivity contribution in [3.63, 3.8) is 0 Å². The van der Waals surface area contributed by atoms with Crippen LogP contribution in [0.1, 0.15) is 30.9 Å². The number of rotatable bonds is 13. The summed E-state index contributed by atoms with van der Waals surface area (Å²) in [5.74, 6) is 1.61. The summed E-state index contributed by atoms with van der Waals surface area (Å²) in [4.78, 5) is 14.3. The molecule has 2 aliphatic rings. The second kappa shape index (κ2) is 13.9. The topological polar surface area (TPSA) is 98.7 Å². The molecule has 0 amide bonds. The highest BCUT2D eigenvalue weighted by Crippen LogP contribution is 2.35. The van der Waals surface area contributed by atoms with Gasteiger partial charge in [0, 0.05) is 13.0 Å². The van der Waals surface area contributed by atoms with E-state index in [1.54, 1.807) is 0 Å². The van der Waals surface area contributed by atoms with Crippen LogP contribution in [-0.4, -0.2) is 81.4 Å². The van der Waals surface area contributed by atoms with Crippen LogP contribution in [0.3, 0.4) is 0 Å². The minimum absolute atomic E-state index is 0.210. The first-order chi connectivity index (χ1) is 18.0. The van der Waals surface area contributed by atoms with Gasteiger partial charge in [0.05, 0.1) is 25.9 Å². The second-order valence-corrected chi connectivity index (χ2v) is 9.88.